The van der Waals surface area contributed by atoms with Gasteiger partial charge in [-0.3, -0.25) is 9.48 Å². The molecule has 1 rings (SSSR count). The Hall–Kier alpha value is -1.56. The molecule has 0 saturated carbocycles. The number of hydrogen-bond acceptors (Lipinski definition) is 4. The summed E-state index contributed by atoms with van der Waals surface area (Å²) in [4.78, 5) is 11.5. The Labute approximate surface area is 94.8 Å². The molecule has 1 aromatic rings. The highest BCUT2D eigenvalue weighted by Crippen LogP contribution is 2.15. The van der Waals surface area contributed by atoms with E-state index < -0.39 is 0 Å². The quantitative estimate of drug-likeness (QED) is 0.701. The first kappa shape index (κ1) is 12.5. The van der Waals surface area contributed by atoms with Crippen molar-refractivity contribution >= 4 is 17.4 Å². The molecule has 0 aromatic carbocycles. The number of carbonyl (C=O) groups is 1. The van der Waals surface area contributed by atoms with Gasteiger partial charge in [0.05, 0.1) is 11.9 Å². The monoisotopic (exact) mass is 226 g/mol. The maximum atomic E-state index is 11.5. The van der Waals surface area contributed by atoms with Crippen molar-refractivity contribution in [2.45, 2.75) is 19.8 Å². The molecular formula is C10H18N4O2. The molecule has 6 nitrogen and oxygen atoms in total. The van der Waals surface area contributed by atoms with Crippen molar-refractivity contribution in [2.75, 3.05) is 24.3 Å². The van der Waals surface area contributed by atoms with E-state index in [1.807, 2.05) is 6.92 Å². The Kier molecular flexibility index (Phi) is 4.78. The molecule has 0 spiro atoms. The number of nitrogens with zero attached hydrogens (tertiary/aromatic N) is 2. The number of aryl methyl sites for hydroxylation is 1. The third-order valence-corrected chi connectivity index (χ3v) is 2.12. The SMILES string of the molecule is CCOCCCC(=O)Nc1c(N)cnn1C. The van der Waals surface area contributed by atoms with Crippen molar-refractivity contribution in [3.63, 3.8) is 0 Å². The number of rotatable bonds is 6. The Morgan fingerprint density at radius 3 is 3.00 bits per heavy atom. The van der Waals surface area contributed by atoms with Crippen LogP contribution in [0.15, 0.2) is 6.20 Å². The van der Waals surface area contributed by atoms with Gasteiger partial charge >= 0.3 is 0 Å². The van der Waals surface area contributed by atoms with Gasteiger partial charge in [-0.2, -0.15) is 5.10 Å². The highest BCUT2D eigenvalue weighted by molar-refractivity contribution is 5.92. The number of aromatic nitrogens is 2. The van der Waals surface area contributed by atoms with Crippen LogP contribution in [0.2, 0.25) is 0 Å². The summed E-state index contributed by atoms with van der Waals surface area (Å²) in [6.45, 7) is 3.21. The predicted molar refractivity (Wildman–Crippen MR) is 62.0 cm³/mol. The number of nitrogens with two attached hydrogens (primary N) is 1. The maximum absolute atomic E-state index is 11.5. The average Bonchev–Trinajstić information content (AvgIpc) is 2.56. The van der Waals surface area contributed by atoms with Crippen molar-refractivity contribution in [3.8, 4) is 0 Å². The third kappa shape index (κ3) is 3.54. The largest absolute Gasteiger partial charge is 0.394 e. The number of amides is 1. The minimum absolute atomic E-state index is 0.0741. The summed E-state index contributed by atoms with van der Waals surface area (Å²) in [6.07, 6.45) is 2.64. The molecule has 0 aliphatic heterocycles. The Morgan fingerprint density at radius 2 is 2.44 bits per heavy atom. The first-order valence-electron chi connectivity index (χ1n) is 5.30. The van der Waals surface area contributed by atoms with Crippen LogP contribution in [0.5, 0.6) is 0 Å². The number of anilines is 2. The molecule has 0 radical (unpaired) electrons. The first-order valence-corrected chi connectivity index (χ1v) is 5.30. The van der Waals surface area contributed by atoms with Crippen molar-refractivity contribution in [3.05, 3.63) is 6.20 Å². The van der Waals surface area contributed by atoms with Gasteiger partial charge in [0, 0.05) is 26.7 Å². The number of hydrogen-bond donors (Lipinski definition) is 2. The lowest BCUT2D eigenvalue weighted by atomic mass is 10.3. The van der Waals surface area contributed by atoms with E-state index in [2.05, 4.69) is 10.4 Å². The fraction of sp³-hybridized carbons (Fsp3) is 0.600. The van der Waals surface area contributed by atoms with Crippen LogP contribution in [0.3, 0.4) is 0 Å². The molecule has 0 aliphatic carbocycles. The maximum Gasteiger partial charge on any atom is 0.225 e. The van der Waals surface area contributed by atoms with Crippen LogP contribution < -0.4 is 11.1 Å². The average molecular weight is 226 g/mol. The molecule has 0 aliphatic rings. The zero-order chi connectivity index (χ0) is 12.0. The zero-order valence-electron chi connectivity index (χ0n) is 9.69. The molecule has 0 saturated heterocycles. The summed E-state index contributed by atoms with van der Waals surface area (Å²) in [5.41, 5.74) is 6.12. The topological polar surface area (TPSA) is 82.2 Å². The number of ether oxygens (including phenoxy) is 1. The summed E-state index contributed by atoms with van der Waals surface area (Å²) in [5, 5.41) is 6.65. The summed E-state index contributed by atoms with van der Waals surface area (Å²) in [5.74, 6) is 0.469. The predicted octanol–water partition coefficient (Wildman–Crippen LogP) is 0.758. The van der Waals surface area contributed by atoms with E-state index in [0.717, 1.165) is 0 Å². The van der Waals surface area contributed by atoms with Gasteiger partial charge in [0.25, 0.3) is 0 Å². The van der Waals surface area contributed by atoms with Crippen molar-refractivity contribution in [2.24, 2.45) is 7.05 Å². The molecule has 90 valence electrons. The molecule has 1 heterocycles. The van der Waals surface area contributed by atoms with E-state index in [0.29, 0.717) is 37.6 Å². The van der Waals surface area contributed by atoms with Crippen molar-refractivity contribution in [1.82, 2.24) is 9.78 Å². The Balaban J connectivity index is 2.34. The van der Waals surface area contributed by atoms with Crippen LogP contribution in [0, 0.1) is 0 Å². The van der Waals surface area contributed by atoms with E-state index in [4.69, 9.17) is 10.5 Å². The molecule has 0 bridgehead atoms. The minimum Gasteiger partial charge on any atom is -0.394 e. The molecule has 6 heteroatoms. The van der Waals surface area contributed by atoms with Gasteiger partial charge < -0.3 is 15.8 Å². The summed E-state index contributed by atoms with van der Waals surface area (Å²) in [6, 6.07) is 0. The van der Waals surface area contributed by atoms with E-state index in [1.165, 1.54) is 10.9 Å². The van der Waals surface area contributed by atoms with Crippen molar-refractivity contribution < 1.29 is 9.53 Å². The third-order valence-electron chi connectivity index (χ3n) is 2.12. The van der Waals surface area contributed by atoms with Crippen LogP contribution >= 0.6 is 0 Å². The fourth-order valence-corrected chi connectivity index (χ4v) is 1.28. The van der Waals surface area contributed by atoms with Gasteiger partial charge in [0.15, 0.2) is 5.82 Å². The molecule has 0 fully saturated rings. The molecular weight excluding hydrogens is 208 g/mol. The lowest BCUT2D eigenvalue weighted by Crippen LogP contribution is -2.15. The van der Waals surface area contributed by atoms with Gasteiger partial charge in [-0.1, -0.05) is 0 Å². The van der Waals surface area contributed by atoms with Gasteiger partial charge in [0.2, 0.25) is 5.91 Å². The van der Waals surface area contributed by atoms with E-state index in [9.17, 15) is 4.79 Å². The molecule has 3 N–H and O–H groups in total. The van der Waals surface area contributed by atoms with E-state index in [1.54, 1.807) is 7.05 Å². The summed E-state index contributed by atoms with van der Waals surface area (Å²) in [7, 11) is 1.73. The lowest BCUT2D eigenvalue weighted by molar-refractivity contribution is -0.116. The van der Waals surface area contributed by atoms with Crippen LogP contribution in [-0.4, -0.2) is 28.9 Å². The fourth-order valence-electron chi connectivity index (χ4n) is 1.28. The Bertz CT molecular complexity index is 329. The van der Waals surface area contributed by atoms with Crippen LogP contribution in [-0.2, 0) is 16.6 Å². The molecule has 1 amide bonds. The molecule has 0 unspecified atom stereocenters. The van der Waals surface area contributed by atoms with Gasteiger partial charge in [-0.25, -0.2) is 0 Å². The summed E-state index contributed by atoms with van der Waals surface area (Å²) >= 11 is 0. The highest BCUT2D eigenvalue weighted by Gasteiger charge is 2.08. The standard InChI is InChI=1S/C10H18N4O2/c1-3-16-6-4-5-9(15)13-10-8(11)7-12-14(10)2/h7H,3-6,11H2,1-2H3,(H,13,15). The molecule has 1 aromatic heterocycles. The van der Waals surface area contributed by atoms with Crippen LogP contribution in [0.4, 0.5) is 11.5 Å². The van der Waals surface area contributed by atoms with Crippen molar-refractivity contribution in [1.29, 1.82) is 0 Å². The minimum atomic E-state index is -0.0741. The summed E-state index contributed by atoms with van der Waals surface area (Å²) < 4.78 is 6.68. The van der Waals surface area contributed by atoms with E-state index in [-0.39, 0.29) is 5.91 Å². The Morgan fingerprint density at radius 1 is 1.69 bits per heavy atom. The first-order chi connectivity index (χ1) is 7.65. The van der Waals surface area contributed by atoms with E-state index >= 15 is 0 Å². The number of nitrogen functional groups attached to an aromatic ring is 1. The zero-order valence-corrected chi connectivity index (χ0v) is 9.69. The van der Waals surface area contributed by atoms with Crippen LogP contribution in [0.1, 0.15) is 19.8 Å². The second-order valence-corrected chi connectivity index (χ2v) is 3.42. The number of carbonyl (C=O) groups excluding carboxylic acids is 1. The second kappa shape index (κ2) is 6.12. The highest BCUT2D eigenvalue weighted by atomic mass is 16.5. The van der Waals surface area contributed by atoms with Gasteiger partial charge in [-0.05, 0) is 13.3 Å². The smallest absolute Gasteiger partial charge is 0.225 e. The number of nitrogens with one attached hydrogen (secondary N) is 1. The van der Waals surface area contributed by atoms with Gasteiger partial charge in [-0.15, -0.1) is 0 Å². The molecule has 0 atom stereocenters. The van der Waals surface area contributed by atoms with Crippen LogP contribution in [0.25, 0.3) is 0 Å². The normalized spacial score (nSPS) is 10.4. The molecule has 16 heavy (non-hydrogen) atoms. The second-order valence-electron chi connectivity index (χ2n) is 3.42. The van der Waals surface area contributed by atoms with Gasteiger partial charge in [0.1, 0.15) is 0 Å². The lowest BCUT2D eigenvalue weighted by Gasteiger charge is -2.06.